The Morgan fingerprint density at radius 3 is 1.41 bits per heavy atom. The van der Waals surface area contributed by atoms with Gasteiger partial charge < -0.3 is 10.6 Å². The van der Waals surface area contributed by atoms with E-state index in [0.29, 0.717) is 80.3 Å². The number of thioether (sulfide) groups is 2. The number of nitrogens with zero attached hydrogens (tertiary/aromatic N) is 4. The fourth-order valence-corrected chi connectivity index (χ4v) is 10.3. The second kappa shape index (κ2) is 19.7. The molecule has 2 fully saturated rings. The molecule has 0 bridgehead atoms. The lowest BCUT2D eigenvalue weighted by molar-refractivity contribution is -0.124. The smallest absolute Gasteiger partial charge is 0.267 e. The Labute approximate surface area is 341 Å². The second-order valence-corrected chi connectivity index (χ2v) is 18.1. The summed E-state index contributed by atoms with van der Waals surface area (Å²) in [7, 11) is 0. The zero-order valence-corrected chi connectivity index (χ0v) is 34.2. The number of aromatic nitrogens is 2. The molecule has 2 aliphatic heterocycles. The topological polar surface area (TPSA) is 125 Å². The molecular formula is C38H38N6O4S6. The summed E-state index contributed by atoms with van der Waals surface area (Å²) >= 11 is 16.3. The number of carbonyl (C=O) groups excluding carboxylic acids is 4. The molecule has 2 aromatic heterocycles. The SMILES string of the molecule is O=C(CCCCCN1C(=O)C(=C2SC(=S)N(CCCCCC(=O)Nc3ncc(Cc4ccccc4)s3)C2=O)SC1=S)Nc1ncc(Cc2ccccc2)s1. The van der Waals surface area contributed by atoms with Gasteiger partial charge in [0.25, 0.3) is 11.8 Å². The molecule has 2 saturated heterocycles. The van der Waals surface area contributed by atoms with Crippen LogP contribution in [-0.2, 0) is 32.0 Å². The summed E-state index contributed by atoms with van der Waals surface area (Å²) in [6, 6.07) is 20.2. The predicted molar refractivity (Wildman–Crippen MR) is 228 cm³/mol. The molecule has 0 spiro atoms. The highest BCUT2D eigenvalue weighted by Gasteiger charge is 2.41. The second-order valence-electron chi connectivity index (χ2n) is 12.6. The van der Waals surface area contributed by atoms with E-state index in [1.54, 1.807) is 12.4 Å². The number of amides is 4. The lowest BCUT2D eigenvalue weighted by Crippen LogP contribution is -2.31. The highest BCUT2D eigenvalue weighted by atomic mass is 32.2. The fraction of sp³-hybridized carbons (Fsp3) is 0.316. The van der Waals surface area contributed by atoms with Gasteiger partial charge in [-0.3, -0.25) is 29.0 Å². The van der Waals surface area contributed by atoms with Gasteiger partial charge in [-0.1, -0.05) is 121 Å². The quantitative estimate of drug-likeness (QED) is 0.0574. The van der Waals surface area contributed by atoms with Gasteiger partial charge in [-0.05, 0) is 36.8 Å². The summed E-state index contributed by atoms with van der Waals surface area (Å²) in [5.74, 6) is -0.740. The van der Waals surface area contributed by atoms with Gasteiger partial charge in [-0.2, -0.15) is 0 Å². The fourth-order valence-electron chi connectivity index (χ4n) is 5.77. The molecule has 4 amide bonds. The Morgan fingerprint density at radius 1 is 0.593 bits per heavy atom. The van der Waals surface area contributed by atoms with Crippen LogP contribution < -0.4 is 10.6 Å². The number of hydrogen-bond donors (Lipinski definition) is 2. The Morgan fingerprint density at radius 2 is 1.00 bits per heavy atom. The van der Waals surface area contributed by atoms with E-state index < -0.39 is 0 Å². The molecule has 0 saturated carbocycles. The van der Waals surface area contributed by atoms with E-state index >= 15 is 0 Å². The molecule has 4 aromatic rings. The normalized spacial score (nSPS) is 15.8. The van der Waals surface area contributed by atoms with Crippen LogP contribution >= 0.6 is 70.6 Å². The molecule has 54 heavy (non-hydrogen) atoms. The van der Waals surface area contributed by atoms with Crippen LogP contribution in [0.25, 0.3) is 0 Å². The first kappa shape index (κ1) is 39.9. The van der Waals surface area contributed by atoms with Crippen molar-refractivity contribution in [1.29, 1.82) is 0 Å². The summed E-state index contributed by atoms with van der Waals surface area (Å²) in [4.78, 5) is 66.3. The van der Waals surface area contributed by atoms with Gasteiger partial charge in [-0.25, -0.2) is 9.97 Å². The van der Waals surface area contributed by atoms with Gasteiger partial charge in [0.2, 0.25) is 11.8 Å². The van der Waals surface area contributed by atoms with Crippen LogP contribution in [0.3, 0.4) is 0 Å². The maximum Gasteiger partial charge on any atom is 0.267 e. The van der Waals surface area contributed by atoms with E-state index in [2.05, 4.69) is 44.9 Å². The molecule has 0 radical (unpaired) electrons. The van der Waals surface area contributed by atoms with E-state index in [1.807, 2.05) is 36.4 Å². The molecule has 6 rings (SSSR count). The first-order chi connectivity index (χ1) is 26.2. The minimum Gasteiger partial charge on any atom is -0.302 e. The van der Waals surface area contributed by atoms with E-state index in [4.69, 9.17) is 24.4 Å². The average molecular weight is 835 g/mol. The summed E-state index contributed by atoms with van der Waals surface area (Å²) in [5.41, 5.74) is 2.39. The minimum atomic E-state index is -0.281. The largest absolute Gasteiger partial charge is 0.302 e. The maximum atomic E-state index is 13.4. The molecule has 16 heteroatoms. The van der Waals surface area contributed by atoms with Crippen molar-refractivity contribution in [2.45, 2.75) is 64.2 Å². The number of rotatable bonds is 18. The number of nitrogens with one attached hydrogen (secondary N) is 2. The van der Waals surface area contributed by atoms with Crippen molar-refractivity contribution in [3.05, 3.63) is 104 Å². The number of carbonyl (C=O) groups is 4. The van der Waals surface area contributed by atoms with Crippen molar-refractivity contribution in [1.82, 2.24) is 19.8 Å². The lowest BCUT2D eigenvalue weighted by atomic mass is 10.1. The van der Waals surface area contributed by atoms with Gasteiger partial charge in [0, 0.05) is 60.9 Å². The minimum absolute atomic E-state index is 0.0891. The van der Waals surface area contributed by atoms with Crippen molar-refractivity contribution in [3.63, 3.8) is 0 Å². The van der Waals surface area contributed by atoms with Crippen LogP contribution in [0.15, 0.2) is 82.9 Å². The summed E-state index contributed by atoms with van der Waals surface area (Å²) in [6.45, 7) is 0.826. The number of benzene rings is 2. The van der Waals surface area contributed by atoms with Crippen molar-refractivity contribution in [2.24, 2.45) is 0 Å². The molecule has 10 nitrogen and oxygen atoms in total. The van der Waals surface area contributed by atoms with Gasteiger partial charge >= 0.3 is 0 Å². The molecule has 0 atom stereocenters. The number of hydrogen-bond acceptors (Lipinski definition) is 12. The number of thiocarbonyl (C=S) groups is 2. The molecule has 2 aromatic carbocycles. The van der Waals surface area contributed by atoms with Crippen LogP contribution in [0.2, 0.25) is 0 Å². The first-order valence-electron chi connectivity index (χ1n) is 17.6. The van der Waals surface area contributed by atoms with Crippen LogP contribution in [0, 0.1) is 0 Å². The summed E-state index contributed by atoms with van der Waals surface area (Å²) < 4.78 is 0.827. The highest BCUT2D eigenvalue weighted by Crippen LogP contribution is 2.42. The van der Waals surface area contributed by atoms with Crippen LogP contribution in [-0.4, -0.2) is 65.1 Å². The third kappa shape index (κ3) is 11.1. The van der Waals surface area contributed by atoms with Gasteiger partial charge in [0.15, 0.2) is 10.3 Å². The van der Waals surface area contributed by atoms with E-state index in [0.717, 1.165) is 59.0 Å². The Kier molecular flexibility index (Phi) is 14.5. The van der Waals surface area contributed by atoms with Crippen molar-refractivity contribution >= 4 is 113 Å². The third-order valence-corrected chi connectivity index (χ3v) is 13.4. The third-order valence-electron chi connectivity index (χ3n) is 8.52. The van der Waals surface area contributed by atoms with Crippen LogP contribution in [0.5, 0.6) is 0 Å². The zero-order chi connectivity index (χ0) is 37.9. The molecule has 4 heterocycles. The Balaban J connectivity index is 0.867. The highest BCUT2D eigenvalue weighted by molar-refractivity contribution is 8.29. The van der Waals surface area contributed by atoms with Crippen LogP contribution in [0.1, 0.15) is 72.2 Å². The average Bonchev–Trinajstić information content (AvgIpc) is 3.93. The summed E-state index contributed by atoms with van der Waals surface area (Å²) in [5, 5.41) is 6.96. The molecule has 2 aliphatic rings. The molecule has 0 aliphatic carbocycles. The monoisotopic (exact) mass is 834 g/mol. The lowest BCUT2D eigenvalue weighted by Gasteiger charge is -2.14. The van der Waals surface area contributed by atoms with Crippen molar-refractivity contribution in [2.75, 3.05) is 23.7 Å². The van der Waals surface area contributed by atoms with Crippen molar-refractivity contribution in [3.8, 4) is 0 Å². The van der Waals surface area contributed by atoms with E-state index in [1.165, 1.54) is 43.6 Å². The number of unbranched alkanes of at least 4 members (excludes halogenated alkanes) is 4. The van der Waals surface area contributed by atoms with Crippen molar-refractivity contribution < 1.29 is 19.2 Å². The van der Waals surface area contributed by atoms with Gasteiger partial charge in [0.05, 0.1) is 9.81 Å². The Bertz CT molecular complexity index is 1890. The van der Waals surface area contributed by atoms with Gasteiger partial charge in [-0.15, -0.1) is 22.7 Å². The van der Waals surface area contributed by atoms with E-state index in [-0.39, 0.29) is 23.6 Å². The number of thiazole rings is 2. The Hall–Kier alpha value is -3.80. The molecular weight excluding hydrogens is 797 g/mol. The molecule has 280 valence electrons. The zero-order valence-electron chi connectivity index (χ0n) is 29.3. The molecule has 2 N–H and O–H groups in total. The van der Waals surface area contributed by atoms with Crippen LogP contribution in [0.4, 0.5) is 10.3 Å². The standard InChI is InChI=1S/C38H38N6O4S6/c45-29(41-35-39-23-27(51-35)21-25-13-5-1-6-14-25)17-9-3-11-19-43-33(47)31(53-37(43)49)32-34(48)44(38(50)54-32)20-12-4-10-18-30(46)42-36-40-24-28(52-36)22-26-15-7-2-8-16-26/h1-2,5-8,13-16,23-24H,3-4,9-12,17-22H2,(H,39,41,45)(H,40,42,46). The predicted octanol–water partition coefficient (Wildman–Crippen LogP) is 8.41. The first-order valence-corrected chi connectivity index (χ1v) is 21.7. The number of anilines is 2. The van der Waals surface area contributed by atoms with Gasteiger partial charge in [0.1, 0.15) is 8.64 Å². The maximum absolute atomic E-state index is 13.4. The van der Waals surface area contributed by atoms with E-state index in [9.17, 15) is 19.2 Å². The summed E-state index contributed by atoms with van der Waals surface area (Å²) in [6.07, 6.45) is 9.98. The molecule has 0 unspecified atom stereocenters.